The average molecular weight is 301 g/mol. The van der Waals surface area contributed by atoms with Gasteiger partial charge in [0.15, 0.2) is 0 Å². The first kappa shape index (κ1) is 15.1. The van der Waals surface area contributed by atoms with Crippen molar-refractivity contribution in [3.63, 3.8) is 0 Å². The van der Waals surface area contributed by atoms with Crippen LogP contribution in [0.15, 0.2) is 23.8 Å². The fourth-order valence-corrected chi connectivity index (χ4v) is 2.06. The highest BCUT2D eigenvalue weighted by molar-refractivity contribution is 5.65. The fourth-order valence-electron chi connectivity index (χ4n) is 2.06. The Labute approximate surface area is 117 Å². The summed E-state index contributed by atoms with van der Waals surface area (Å²) in [6.45, 7) is 0. The van der Waals surface area contributed by atoms with E-state index in [0.29, 0.717) is 0 Å². The van der Waals surface area contributed by atoms with Gasteiger partial charge in [0, 0.05) is 12.0 Å². The van der Waals surface area contributed by atoms with E-state index < -0.39 is 41.9 Å². The van der Waals surface area contributed by atoms with E-state index in [-0.39, 0.29) is 12.0 Å². The molecule has 2 N–H and O–H groups in total. The van der Waals surface area contributed by atoms with E-state index in [0.717, 1.165) is 18.2 Å². The minimum absolute atomic E-state index is 0.339. The van der Waals surface area contributed by atoms with Gasteiger partial charge in [0.2, 0.25) is 6.36 Å². The van der Waals surface area contributed by atoms with Crippen molar-refractivity contribution in [3.8, 4) is 0 Å². The minimum atomic E-state index is -2.15. The van der Waals surface area contributed by atoms with Crippen LogP contribution in [0.2, 0.25) is 0 Å². The predicted molar refractivity (Wildman–Crippen MR) is 63.4 cm³/mol. The van der Waals surface area contributed by atoms with E-state index >= 15 is 0 Å². The lowest BCUT2D eigenvalue weighted by atomic mass is 9.95. The number of nitrogens with two attached hydrogens (primary N) is 1. The van der Waals surface area contributed by atoms with Crippen LogP contribution >= 0.6 is 0 Å². The van der Waals surface area contributed by atoms with E-state index in [4.69, 9.17) is 15.2 Å². The maximum absolute atomic E-state index is 13.7. The number of benzene rings is 1. The monoisotopic (exact) mass is 301 g/mol. The SMILES string of the molecule is NC(=O)O[C@@H]1CC(=C=O)C(F)O[C@@H]1c1cc(F)ccc1F. The van der Waals surface area contributed by atoms with Crippen LogP contribution in [0.4, 0.5) is 18.0 Å². The molecule has 0 aliphatic carbocycles. The summed E-state index contributed by atoms with van der Waals surface area (Å²) in [6.07, 6.45) is -6.44. The highest BCUT2D eigenvalue weighted by atomic mass is 19.1. The summed E-state index contributed by atoms with van der Waals surface area (Å²) in [7, 11) is 0. The molecule has 1 saturated heterocycles. The Kier molecular flexibility index (Phi) is 4.30. The van der Waals surface area contributed by atoms with Gasteiger partial charge in [-0.05, 0) is 18.2 Å². The molecule has 0 spiro atoms. The van der Waals surface area contributed by atoms with Gasteiger partial charge in [-0.15, -0.1) is 0 Å². The van der Waals surface area contributed by atoms with Gasteiger partial charge in [-0.25, -0.2) is 22.8 Å². The third-order valence-electron chi connectivity index (χ3n) is 2.96. The van der Waals surface area contributed by atoms with Crippen LogP contribution in [0, 0.1) is 11.6 Å². The summed E-state index contributed by atoms with van der Waals surface area (Å²) < 4.78 is 50.1. The lowest BCUT2D eigenvalue weighted by Gasteiger charge is -2.33. The molecule has 1 amide bonds. The van der Waals surface area contributed by atoms with Crippen molar-refractivity contribution in [2.24, 2.45) is 5.73 Å². The number of carbonyl (C=O) groups excluding carboxylic acids is 2. The van der Waals surface area contributed by atoms with Gasteiger partial charge < -0.3 is 15.2 Å². The highest BCUT2D eigenvalue weighted by Crippen LogP contribution is 2.37. The molecular formula is C13H10F3NO4. The van der Waals surface area contributed by atoms with E-state index in [2.05, 4.69) is 0 Å². The Bertz CT molecular complexity index is 615. The van der Waals surface area contributed by atoms with Crippen molar-refractivity contribution in [1.82, 2.24) is 0 Å². The van der Waals surface area contributed by atoms with Crippen molar-refractivity contribution < 1.29 is 32.2 Å². The van der Waals surface area contributed by atoms with Crippen LogP contribution in [0.1, 0.15) is 18.1 Å². The molecule has 1 fully saturated rings. The van der Waals surface area contributed by atoms with Crippen molar-refractivity contribution >= 4 is 12.0 Å². The van der Waals surface area contributed by atoms with Crippen molar-refractivity contribution in [2.45, 2.75) is 25.0 Å². The van der Waals surface area contributed by atoms with Gasteiger partial charge >= 0.3 is 6.09 Å². The number of amides is 1. The molecular weight excluding hydrogens is 291 g/mol. The third kappa shape index (κ3) is 3.24. The molecule has 2 rings (SSSR count). The first-order valence-corrected chi connectivity index (χ1v) is 5.86. The van der Waals surface area contributed by atoms with Gasteiger partial charge in [0.25, 0.3) is 0 Å². The van der Waals surface area contributed by atoms with Gasteiger partial charge in [-0.1, -0.05) is 0 Å². The second kappa shape index (κ2) is 5.99. The quantitative estimate of drug-likeness (QED) is 0.847. The third-order valence-corrected chi connectivity index (χ3v) is 2.96. The molecule has 0 saturated carbocycles. The number of hydrogen-bond acceptors (Lipinski definition) is 4. The number of hydrogen-bond donors (Lipinski definition) is 1. The van der Waals surface area contributed by atoms with Crippen LogP contribution in [-0.2, 0) is 14.3 Å². The summed E-state index contributed by atoms with van der Waals surface area (Å²) in [6, 6.07) is 2.49. The van der Waals surface area contributed by atoms with Gasteiger partial charge in [0.1, 0.15) is 29.8 Å². The number of halogens is 3. The molecule has 1 aromatic rings. The molecule has 5 nitrogen and oxygen atoms in total. The average Bonchev–Trinajstić information content (AvgIpc) is 2.42. The molecule has 112 valence electrons. The second-order valence-corrected chi connectivity index (χ2v) is 4.35. The number of alkyl halides is 1. The normalized spacial score (nSPS) is 25.3. The van der Waals surface area contributed by atoms with Gasteiger partial charge in [-0.3, -0.25) is 0 Å². The molecule has 1 aromatic carbocycles. The number of ether oxygens (including phenoxy) is 2. The highest BCUT2D eigenvalue weighted by Gasteiger charge is 2.40. The summed E-state index contributed by atoms with van der Waals surface area (Å²) in [5.41, 5.74) is 4.09. The lowest BCUT2D eigenvalue weighted by molar-refractivity contribution is -0.139. The minimum Gasteiger partial charge on any atom is -0.443 e. The van der Waals surface area contributed by atoms with Crippen LogP contribution < -0.4 is 5.73 Å². The van der Waals surface area contributed by atoms with Crippen molar-refractivity contribution in [2.75, 3.05) is 0 Å². The second-order valence-electron chi connectivity index (χ2n) is 4.35. The molecule has 0 bridgehead atoms. The van der Waals surface area contributed by atoms with E-state index in [1.165, 1.54) is 5.94 Å². The van der Waals surface area contributed by atoms with Crippen LogP contribution in [0.3, 0.4) is 0 Å². The molecule has 0 aromatic heterocycles. The predicted octanol–water partition coefficient (Wildman–Crippen LogP) is 1.94. The zero-order valence-electron chi connectivity index (χ0n) is 10.5. The van der Waals surface area contributed by atoms with Crippen molar-refractivity contribution in [1.29, 1.82) is 0 Å². The molecule has 1 heterocycles. The maximum atomic E-state index is 13.7. The van der Waals surface area contributed by atoms with E-state index in [9.17, 15) is 22.8 Å². The summed E-state index contributed by atoms with van der Waals surface area (Å²) in [5.74, 6) is -0.326. The topological polar surface area (TPSA) is 78.6 Å². The van der Waals surface area contributed by atoms with E-state index in [1.807, 2.05) is 0 Å². The van der Waals surface area contributed by atoms with Crippen LogP contribution in [-0.4, -0.2) is 24.5 Å². The maximum Gasteiger partial charge on any atom is 0.404 e. The van der Waals surface area contributed by atoms with E-state index in [1.54, 1.807) is 0 Å². The molecule has 21 heavy (non-hydrogen) atoms. The standard InChI is InChI=1S/C13H10F3NO4/c14-7-1-2-9(15)8(4-7)11-10(20-13(17)19)3-6(5-18)12(16)21-11/h1-2,4,10-12H,3H2,(H2,17,19)/t10-,11-,12?/m1/s1. The molecule has 1 aliphatic rings. The Morgan fingerprint density at radius 2 is 2.14 bits per heavy atom. The van der Waals surface area contributed by atoms with Crippen LogP contribution in [0.25, 0.3) is 0 Å². The number of carbonyl (C=O) groups is 1. The van der Waals surface area contributed by atoms with Crippen LogP contribution in [0.5, 0.6) is 0 Å². The number of primary amides is 1. The molecule has 1 unspecified atom stereocenters. The van der Waals surface area contributed by atoms with Gasteiger partial charge in [0.05, 0.1) is 5.57 Å². The lowest BCUT2D eigenvalue weighted by Crippen LogP contribution is -2.38. The molecule has 3 atom stereocenters. The van der Waals surface area contributed by atoms with Gasteiger partial charge in [-0.2, -0.15) is 0 Å². The summed E-state index contributed by atoms with van der Waals surface area (Å²) in [5, 5.41) is 0. The van der Waals surface area contributed by atoms with Crippen molar-refractivity contribution in [3.05, 3.63) is 41.0 Å². The zero-order chi connectivity index (χ0) is 15.6. The zero-order valence-corrected chi connectivity index (χ0v) is 10.5. The first-order chi connectivity index (χ1) is 9.92. The smallest absolute Gasteiger partial charge is 0.404 e. The fraction of sp³-hybridized carbons (Fsp3) is 0.308. The Hall–Kier alpha value is -2.31. The molecule has 0 radical (unpaired) electrons. The number of rotatable bonds is 2. The summed E-state index contributed by atoms with van der Waals surface area (Å²) >= 11 is 0. The largest absolute Gasteiger partial charge is 0.443 e. The first-order valence-electron chi connectivity index (χ1n) is 5.86. The Morgan fingerprint density at radius 3 is 2.76 bits per heavy atom. The Balaban J connectivity index is 2.40. The summed E-state index contributed by atoms with van der Waals surface area (Å²) in [4.78, 5) is 21.4. The molecule has 1 aliphatic heterocycles. The Morgan fingerprint density at radius 1 is 1.43 bits per heavy atom. The molecule has 8 heteroatoms.